The molecule has 126 valence electrons. The minimum atomic E-state index is -0.233. The fourth-order valence-corrected chi connectivity index (χ4v) is 3.03. The summed E-state index contributed by atoms with van der Waals surface area (Å²) in [4.78, 5) is 14.4. The third-order valence-corrected chi connectivity index (χ3v) is 4.59. The van der Waals surface area contributed by atoms with Crippen molar-refractivity contribution in [1.29, 1.82) is 0 Å². The lowest BCUT2D eigenvalue weighted by molar-refractivity contribution is -0.122. The summed E-state index contributed by atoms with van der Waals surface area (Å²) in [6, 6.07) is 16.7. The van der Waals surface area contributed by atoms with Crippen molar-refractivity contribution in [3.05, 3.63) is 66.0 Å². The topological polar surface area (TPSA) is 32.3 Å². The van der Waals surface area contributed by atoms with Crippen LogP contribution in [-0.4, -0.2) is 26.0 Å². The van der Waals surface area contributed by atoms with Gasteiger partial charge < -0.3 is 10.2 Å². The number of halogens is 1. The van der Waals surface area contributed by atoms with Gasteiger partial charge in [-0.1, -0.05) is 30.3 Å². The molecule has 2 unspecified atom stereocenters. The second-order valence-corrected chi connectivity index (χ2v) is 6.40. The molecule has 3 nitrogen and oxygen atoms in total. The molecule has 24 heavy (non-hydrogen) atoms. The van der Waals surface area contributed by atoms with E-state index in [0.29, 0.717) is 6.54 Å². The van der Waals surface area contributed by atoms with Gasteiger partial charge >= 0.3 is 0 Å². The predicted octanol–water partition coefficient (Wildman–Crippen LogP) is 3.57. The molecule has 0 aromatic heterocycles. The quantitative estimate of drug-likeness (QED) is 0.789. The molecule has 1 N–H and O–H groups in total. The maximum Gasteiger partial charge on any atom is 0.223 e. The highest BCUT2D eigenvalue weighted by Crippen LogP contribution is 2.47. The molecule has 0 heterocycles. The number of benzene rings is 2. The Bertz CT molecular complexity index is 672. The standard InChI is InChI=1S/C20H23FN2O/c1-23(17-6-3-2-4-7-17)13-5-12-22-20(24)19-14-18(19)15-8-10-16(21)11-9-15/h2-4,6-11,18-19H,5,12-14H2,1H3,(H,22,24). The molecule has 1 aliphatic rings. The smallest absolute Gasteiger partial charge is 0.223 e. The Kier molecular flexibility index (Phi) is 5.14. The highest BCUT2D eigenvalue weighted by Gasteiger charge is 2.43. The summed E-state index contributed by atoms with van der Waals surface area (Å²) in [5.41, 5.74) is 2.24. The van der Waals surface area contributed by atoms with Crippen LogP contribution >= 0.6 is 0 Å². The van der Waals surface area contributed by atoms with Crippen molar-refractivity contribution in [1.82, 2.24) is 5.32 Å². The Balaban J connectivity index is 1.37. The summed E-state index contributed by atoms with van der Waals surface area (Å²) in [5.74, 6) is 0.175. The molecule has 1 saturated carbocycles. The van der Waals surface area contributed by atoms with E-state index in [4.69, 9.17) is 0 Å². The lowest BCUT2D eigenvalue weighted by Gasteiger charge is -2.19. The van der Waals surface area contributed by atoms with Gasteiger partial charge in [0.1, 0.15) is 5.82 Å². The van der Waals surface area contributed by atoms with Gasteiger partial charge in [-0.25, -0.2) is 4.39 Å². The van der Waals surface area contributed by atoms with Crippen LogP contribution in [0.5, 0.6) is 0 Å². The molecule has 4 heteroatoms. The van der Waals surface area contributed by atoms with Crippen molar-refractivity contribution in [2.75, 3.05) is 25.0 Å². The number of amides is 1. The number of carbonyl (C=O) groups is 1. The number of para-hydroxylation sites is 1. The zero-order valence-electron chi connectivity index (χ0n) is 13.9. The highest BCUT2D eigenvalue weighted by atomic mass is 19.1. The summed E-state index contributed by atoms with van der Waals surface area (Å²) in [6.45, 7) is 1.58. The van der Waals surface area contributed by atoms with Crippen LogP contribution in [0.3, 0.4) is 0 Å². The number of rotatable bonds is 7. The van der Waals surface area contributed by atoms with Gasteiger partial charge in [0.2, 0.25) is 5.91 Å². The van der Waals surface area contributed by atoms with E-state index in [-0.39, 0.29) is 23.6 Å². The van der Waals surface area contributed by atoms with E-state index in [9.17, 15) is 9.18 Å². The highest BCUT2D eigenvalue weighted by molar-refractivity contribution is 5.82. The molecular formula is C20H23FN2O. The molecule has 1 aliphatic carbocycles. The molecular weight excluding hydrogens is 303 g/mol. The van der Waals surface area contributed by atoms with Gasteiger partial charge in [0.25, 0.3) is 0 Å². The fraction of sp³-hybridized carbons (Fsp3) is 0.350. The monoisotopic (exact) mass is 326 g/mol. The van der Waals surface area contributed by atoms with Crippen LogP contribution < -0.4 is 10.2 Å². The maximum atomic E-state index is 12.9. The largest absolute Gasteiger partial charge is 0.375 e. The van der Waals surface area contributed by atoms with E-state index in [1.165, 1.54) is 17.8 Å². The van der Waals surface area contributed by atoms with Crippen molar-refractivity contribution in [2.45, 2.75) is 18.8 Å². The first-order valence-electron chi connectivity index (χ1n) is 8.44. The second kappa shape index (κ2) is 7.47. The first kappa shape index (κ1) is 16.5. The zero-order chi connectivity index (χ0) is 16.9. The molecule has 2 atom stereocenters. The summed E-state index contributed by atoms with van der Waals surface area (Å²) in [6.07, 6.45) is 1.77. The zero-order valence-corrected chi connectivity index (χ0v) is 13.9. The number of carbonyl (C=O) groups excluding carboxylic acids is 1. The van der Waals surface area contributed by atoms with E-state index >= 15 is 0 Å². The van der Waals surface area contributed by atoms with Gasteiger partial charge in [-0.3, -0.25) is 4.79 Å². The molecule has 2 aromatic carbocycles. The molecule has 0 spiro atoms. The van der Waals surface area contributed by atoms with Gasteiger partial charge in [0, 0.05) is 31.7 Å². The van der Waals surface area contributed by atoms with Crippen molar-refractivity contribution in [3.63, 3.8) is 0 Å². The Labute approximate surface area is 142 Å². The molecule has 0 saturated heterocycles. The lowest BCUT2D eigenvalue weighted by Crippen LogP contribution is -2.29. The fourth-order valence-electron chi connectivity index (χ4n) is 3.03. The van der Waals surface area contributed by atoms with Crippen molar-refractivity contribution in [2.24, 2.45) is 5.92 Å². The first-order chi connectivity index (χ1) is 11.6. The third kappa shape index (κ3) is 4.13. The number of nitrogens with zero attached hydrogens (tertiary/aromatic N) is 1. The van der Waals surface area contributed by atoms with Crippen molar-refractivity contribution >= 4 is 11.6 Å². The second-order valence-electron chi connectivity index (χ2n) is 6.40. The number of hydrogen-bond donors (Lipinski definition) is 1. The van der Waals surface area contributed by atoms with Crippen LogP contribution in [0.1, 0.15) is 24.3 Å². The Hall–Kier alpha value is -2.36. The summed E-state index contributed by atoms with van der Waals surface area (Å²) >= 11 is 0. The molecule has 0 bridgehead atoms. The third-order valence-electron chi connectivity index (χ3n) is 4.59. The SMILES string of the molecule is CN(CCCNC(=O)C1CC1c1ccc(F)cc1)c1ccccc1. The Morgan fingerprint density at radius 1 is 1.17 bits per heavy atom. The summed E-state index contributed by atoms with van der Waals surface area (Å²) in [7, 11) is 2.06. The molecule has 0 aliphatic heterocycles. The van der Waals surface area contributed by atoms with Crippen LogP contribution in [0.15, 0.2) is 54.6 Å². The van der Waals surface area contributed by atoms with Gasteiger partial charge in [0.05, 0.1) is 0 Å². The summed E-state index contributed by atoms with van der Waals surface area (Å²) < 4.78 is 12.9. The van der Waals surface area contributed by atoms with E-state index in [2.05, 4.69) is 29.4 Å². The van der Waals surface area contributed by atoms with Crippen LogP contribution in [-0.2, 0) is 4.79 Å². The average molecular weight is 326 g/mol. The molecule has 1 fully saturated rings. The lowest BCUT2D eigenvalue weighted by atomic mass is 10.1. The number of hydrogen-bond acceptors (Lipinski definition) is 2. The van der Waals surface area contributed by atoms with E-state index in [1.807, 2.05) is 18.2 Å². The first-order valence-corrected chi connectivity index (χ1v) is 8.44. The number of nitrogens with one attached hydrogen (secondary N) is 1. The summed E-state index contributed by atoms with van der Waals surface area (Å²) in [5, 5.41) is 3.02. The van der Waals surface area contributed by atoms with Crippen LogP contribution in [0.25, 0.3) is 0 Å². The van der Waals surface area contributed by atoms with E-state index < -0.39 is 0 Å². The normalized spacial score (nSPS) is 18.9. The Morgan fingerprint density at radius 3 is 2.58 bits per heavy atom. The van der Waals surface area contributed by atoms with Gasteiger partial charge in [-0.05, 0) is 48.6 Å². The Morgan fingerprint density at radius 2 is 1.88 bits per heavy atom. The van der Waals surface area contributed by atoms with Crippen molar-refractivity contribution in [3.8, 4) is 0 Å². The van der Waals surface area contributed by atoms with Crippen LogP contribution in [0.2, 0.25) is 0 Å². The molecule has 0 radical (unpaired) electrons. The minimum Gasteiger partial charge on any atom is -0.375 e. The van der Waals surface area contributed by atoms with Gasteiger partial charge in [-0.2, -0.15) is 0 Å². The molecule has 2 aromatic rings. The molecule has 1 amide bonds. The molecule has 3 rings (SSSR count). The van der Waals surface area contributed by atoms with Crippen LogP contribution in [0, 0.1) is 11.7 Å². The van der Waals surface area contributed by atoms with E-state index in [1.54, 1.807) is 12.1 Å². The average Bonchev–Trinajstić information content (AvgIpc) is 3.40. The van der Waals surface area contributed by atoms with Gasteiger partial charge in [-0.15, -0.1) is 0 Å². The number of anilines is 1. The minimum absolute atomic E-state index is 0.0438. The van der Waals surface area contributed by atoms with Gasteiger partial charge in [0.15, 0.2) is 0 Å². The maximum absolute atomic E-state index is 12.9. The van der Waals surface area contributed by atoms with Crippen LogP contribution in [0.4, 0.5) is 10.1 Å². The van der Waals surface area contributed by atoms with E-state index in [0.717, 1.165) is 24.9 Å². The van der Waals surface area contributed by atoms with Crippen molar-refractivity contribution < 1.29 is 9.18 Å². The predicted molar refractivity (Wildman–Crippen MR) is 94.6 cm³/mol.